The van der Waals surface area contributed by atoms with Crippen LogP contribution in [0.25, 0.3) is 0 Å². The fourth-order valence-corrected chi connectivity index (χ4v) is 2.01. The molecule has 8 heteroatoms. The highest BCUT2D eigenvalue weighted by molar-refractivity contribution is 5.85. The van der Waals surface area contributed by atoms with Gasteiger partial charge in [0.25, 0.3) is 0 Å². The van der Waals surface area contributed by atoms with Crippen LogP contribution in [0.3, 0.4) is 0 Å². The second-order valence-corrected chi connectivity index (χ2v) is 4.50. The molecule has 1 aromatic carbocycles. The number of benzene rings is 1. The van der Waals surface area contributed by atoms with Crippen molar-refractivity contribution < 1.29 is 22.7 Å². The third-order valence-corrected chi connectivity index (χ3v) is 2.98. The summed E-state index contributed by atoms with van der Waals surface area (Å²) in [6.45, 7) is 2.86. The lowest BCUT2D eigenvalue weighted by Crippen LogP contribution is -2.46. The van der Waals surface area contributed by atoms with Crippen molar-refractivity contribution in [2.75, 3.05) is 26.2 Å². The number of nitrogens with zero attached hydrogens (tertiary/aromatic N) is 1. The maximum Gasteiger partial charge on any atom is 0.573 e. The molecule has 1 saturated heterocycles. The SMILES string of the molecule is Cl.O=C(Cc1ccc(OC(F)(F)F)cc1)N1CCNCC1. The van der Waals surface area contributed by atoms with E-state index in [0.29, 0.717) is 18.7 Å². The van der Waals surface area contributed by atoms with Crippen LogP contribution < -0.4 is 10.1 Å². The van der Waals surface area contributed by atoms with Crippen LogP contribution in [0.4, 0.5) is 13.2 Å². The Bertz CT molecular complexity index is 459. The maximum atomic E-state index is 12.0. The molecule has 1 aliphatic heterocycles. The summed E-state index contributed by atoms with van der Waals surface area (Å²) in [5, 5.41) is 3.15. The Hall–Kier alpha value is -1.47. The highest BCUT2D eigenvalue weighted by Crippen LogP contribution is 2.22. The molecule has 0 spiro atoms. The minimum absolute atomic E-state index is 0. The fourth-order valence-electron chi connectivity index (χ4n) is 2.01. The topological polar surface area (TPSA) is 41.6 Å². The summed E-state index contributed by atoms with van der Waals surface area (Å²) in [4.78, 5) is 13.7. The van der Waals surface area contributed by atoms with E-state index in [4.69, 9.17) is 0 Å². The Labute approximate surface area is 126 Å². The Kier molecular flexibility index (Phi) is 6.29. The van der Waals surface area contributed by atoms with Gasteiger partial charge in [-0.25, -0.2) is 0 Å². The predicted molar refractivity (Wildman–Crippen MR) is 73.5 cm³/mol. The van der Waals surface area contributed by atoms with Crippen LogP contribution in [-0.2, 0) is 11.2 Å². The molecule has 0 radical (unpaired) electrons. The van der Waals surface area contributed by atoms with Gasteiger partial charge in [-0.3, -0.25) is 4.79 Å². The van der Waals surface area contributed by atoms with Crippen molar-refractivity contribution in [2.45, 2.75) is 12.8 Å². The van der Waals surface area contributed by atoms with Crippen LogP contribution in [0.5, 0.6) is 5.75 Å². The number of carbonyl (C=O) groups is 1. The van der Waals surface area contributed by atoms with Gasteiger partial charge in [-0.15, -0.1) is 25.6 Å². The van der Waals surface area contributed by atoms with Crippen molar-refractivity contribution in [1.82, 2.24) is 10.2 Å². The van der Waals surface area contributed by atoms with E-state index < -0.39 is 6.36 Å². The molecule has 0 unspecified atom stereocenters. The van der Waals surface area contributed by atoms with E-state index in [0.717, 1.165) is 13.1 Å². The van der Waals surface area contributed by atoms with Crippen molar-refractivity contribution in [3.05, 3.63) is 29.8 Å². The number of piperazine rings is 1. The Balaban J connectivity index is 0.00000220. The lowest BCUT2D eigenvalue weighted by atomic mass is 10.1. The zero-order valence-corrected chi connectivity index (χ0v) is 12.0. The highest BCUT2D eigenvalue weighted by Gasteiger charge is 2.31. The average Bonchev–Trinajstić information content (AvgIpc) is 2.40. The maximum absolute atomic E-state index is 12.0. The molecular formula is C13H16ClF3N2O2. The third-order valence-electron chi connectivity index (χ3n) is 2.98. The quantitative estimate of drug-likeness (QED) is 0.924. The first-order valence-electron chi connectivity index (χ1n) is 6.27. The van der Waals surface area contributed by atoms with E-state index in [1.165, 1.54) is 24.3 Å². The van der Waals surface area contributed by atoms with Crippen LogP contribution in [0.15, 0.2) is 24.3 Å². The third kappa shape index (κ3) is 5.81. The Morgan fingerprint density at radius 2 is 1.76 bits per heavy atom. The Morgan fingerprint density at radius 1 is 1.19 bits per heavy atom. The first-order chi connectivity index (χ1) is 9.44. The van der Waals surface area contributed by atoms with E-state index in [9.17, 15) is 18.0 Å². The lowest BCUT2D eigenvalue weighted by Gasteiger charge is -2.27. The minimum Gasteiger partial charge on any atom is -0.406 e. The number of amides is 1. The van der Waals surface area contributed by atoms with Gasteiger partial charge in [0, 0.05) is 26.2 Å². The standard InChI is InChI=1S/C13H15F3N2O2.ClH/c14-13(15,16)20-11-3-1-10(2-4-11)9-12(19)18-7-5-17-6-8-18;/h1-4,17H,5-9H2;1H. The number of rotatable bonds is 3. The van der Waals surface area contributed by atoms with Crippen molar-refractivity contribution in [2.24, 2.45) is 0 Å². The smallest absolute Gasteiger partial charge is 0.406 e. The molecule has 0 atom stereocenters. The van der Waals surface area contributed by atoms with E-state index in [-0.39, 0.29) is 30.5 Å². The van der Waals surface area contributed by atoms with Gasteiger partial charge in [-0.2, -0.15) is 0 Å². The molecule has 1 aliphatic rings. The van der Waals surface area contributed by atoms with Gasteiger partial charge in [0.15, 0.2) is 0 Å². The van der Waals surface area contributed by atoms with Gasteiger partial charge in [0.05, 0.1) is 6.42 Å². The molecule has 4 nitrogen and oxygen atoms in total. The van der Waals surface area contributed by atoms with Crippen LogP contribution in [0, 0.1) is 0 Å². The second-order valence-electron chi connectivity index (χ2n) is 4.50. The summed E-state index contributed by atoms with van der Waals surface area (Å²) in [6.07, 6.45) is -4.51. The fraction of sp³-hybridized carbons (Fsp3) is 0.462. The van der Waals surface area contributed by atoms with Crippen molar-refractivity contribution in [3.8, 4) is 5.75 Å². The number of ether oxygens (including phenoxy) is 1. The highest BCUT2D eigenvalue weighted by atomic mass is 35.5. The van der Waals surface area contributed by atoms with Gasteiger partial charge < -0.3 is 15.0 Å². The molecule has 1 aromatic rings. The number of hydrogen-bond donors (Lipinski definition) is 1. The average molecular weight is 325 g/mol. The molecule has 1 N–H and O–H groups in total. The van der Waals surface area contributed by atoms with E-state index >= 15 is 0 Å². The van der Waals surface area contributed by atoms with E-state index in [1.807, 2.05) is 0 Å². The minimum atomic E-state index is -4.70. The second kappa shape index (κ2) is 7.51. The zero-order valence-electron chi connectivity index (χ0n) is 11.2. The number of alkyl halides is 3. The zero-order chi connectivity index (χ0) is 14.6. The largest absolute Gasteiger partial charge is 0.573 e. The molecule has 1 fully saturated rings. The van der Waals surface area contributed by atoms with Crippen LogP contribution in [0.1, 0.15) is 5.56 Å². The molecule has 1 amide bonds. The number of nitrogens with one attached hydrogen (secondary N) is 1. The Morgan fingerprint density at radius 3 is 2.29 bits per heavy atom. The summed E-state index contributed by atoms with van der Waals surface area (Å²) < 4.78 is 39.8. The van der Waals surface area contributed by atoms with E-state index in [1.54, 1.807) is 4.90 Å². The van der Waals surface area contributed by atoms with Crippen LogP contribution >= 0.6 is 12.4 Å². The summed E-state index contributed by atoms with van der Waals surface area (Å²) in [7, 11) is 0. The normalized spacial score (nSPS) is 15.3. The number of hydrogen-bond acceptors (Lipinski definition) is 3. The van der Waals surface area contributed by atoms with Gasteiger partial charge in [-0.1, -0.05) is 12.1 Å². The molecule has 1 heterocycles. The van der Waals surface area contributed by atoms with Gasteiger partial charge in [0.2, 0.25) is 5.91 Å². The van der Waals surface area contributed by atoms with Crippen LogP contribution in [-0.4, -0.2) is 43.3 Å². The molecule has 118 valence electrons. The van der Waals surface area contributed by atoms with E-state index in [2.05, 4.69) is 10.1 Å². The molecular weight excluding hydrogens is 309 g/mol. The first-order valence-corrected chi connectivity index (χ1v) is 6.27. The first kappa shape index (κ1) is 17.6. The summed E-state index contributed by atoms with van der Waals surface area (Å²) >= 11 is 0. The monoisotopic (exact) mass is 324 g/mol. The van der Waals surface area contributed by atoms with Gasteiger partial charge >= 0.3 is 6.36 Å². The molecule has 0 bridgehead atoms. The van der Waals surface area contributed by atoms with Crippen molar-refractivity contribution in [3.63, 3.8) is 0 Å². The molecule has 0 saturated carbocycles. The number of carbonyl (C=O) groups excluding carboxylic acids is 1. The summed E-state index contributed by atoms with van der Waals surface area (Å²) in [6, 6.07) is 5.38. The molecule has 21 heavy (non-hydrogen) atoms. The number of halogens is 4. The van der Waals surface area contributed by atoms with Crippen LogP contribution in [0.2, 0.25) is 0 Å². The molecule has 0 aliphatic carbocycles. The van der Waals surface area contributed by atoms with Gasteiger partial charge in [-0.05, 0) is 17.7 Å². The van der Waals surface area contributed by atoms with Gasteiger partial charge in [0.1, 0.15) is 5.75 Å². The molecule has 2 rings (SSSR count). The molecule has 0 aromatic heterocycles. The predicted octanol–water partition coefficient (Wildman–Crippen LogP) is 1.98. The van der Waals surface area contributed by atoms with Crippen molar-refractivity contribution >= 4 is 18.3 Å². The summed E-state index contributed by atoms with van der Waals surface area (Å²) in [5.41, 5.74) is 0.669. The lowest BCUT2D eigenvalue weighted by molar-refractivity contribution is -0.274. The van der Waals surface area contributed by atoms with Crippen molar-refractivity contribution in [1.29, 1.82) is 0 Å². The summed E-state index contributed by atoms with van der Waals surface area (Å²) in [5.74, 6) is -0.299.